The SMILES string of the molecule is CN(NC(=S)Nc1ccc(F)cc1)c1ccccc1. The van der Waals surface area contributed by atoms with Gasteiger partial charge in [-0.15, -0.1) is 0 Å². The minimum absolute atomic E-state index is 0.272. The van der Waals surface area contributed by atoms with Crippen molar-refractivity contribution in [2.45, 2.75) is 0 Å². The number of benzene rings is 2. The van der Waals surface area contributed by atoms with Gasteiger partial charge in [-0.1, -0.05) is 18.2 Å². The first kappa shape index (κ1) is 13.3. The van der Waals surface area contributed by atoms with E-state index in [0.29, 0.717) is 5.11 Å². The molecule has 0 fully saturated rings. The molecule has 0 aliphatic carbocycles. The van der Waals surface area contributed by atoms with Crippen LogP contribution < -0.4 is 15.8 Å². The minimum atomic E-state index is -0.272. The Labute approximate surface area is 117 Å². The first-order valence-electron chi connectivity index (χ1n) is 5.77. The summed E-state index contributed by atoms with van der Waals surface area (Å²) in [7, 11) is 1.87. The molecule has 5 heteroatoms. The van der Waals surface area contributed by atoms with Crippen LogP contribution in [0.25, 0.3) is 0 Å². The average molecular weight is 275 g/mol. The number of rotatable bonds is 3. The standard InChI is InChI=1S/C14H14FN3S/c1-18(13-5-3-2-4-6-13)17-14(19)16-12-9-7-11(15)8-10-12/h2-10H,1H3,(H2,16,17,19). The number of hydrogen-bond donors (Lipinski definition) is 2. The van der Waals surface area contributed by atoms with Gasteiger partial charge in [0, 0.05) is 12.7 Å². The van der Waals surface area contributed by atoms with E-state index in [1.54, 1.807) is 17.1 Å². The third-order valence-corrected chi connectivity index (χ3v) is 2.71. The van der Waals surface area contributed by atoms with Gasteiger partial charge in [-0.05, 0) is 48.6 Å². The van der Waals surface area contributed by atoms with Crippen molar-refractivity contribution < 1.29 is 4.39 Å². The van der Waals surface area contributed by atoms with Crippen LogP contribution in [0.2, 0.25) is 0 Å². The summed E-state index contributed by atoms with van der Waals surface area (Å²) in [4.78, 5) is 0. The topological polar surface area (TPSA) is 27.3 Å². The third-order valence-electron chi connectivity index (χ3n) is 2.51. The molecule has 0 atom stereocenters. The summed E-state index contributed by atoms with van der Waals surface area (Å²) >= 11 is 5.19. The fraction of sp³-hybridized carbons (Fsp3) is 0.0714. The quantitative estimate of drug-likeness (QED) is 0.664. The fourth-order valence-electron chi connectivity index (χ4n) is 1.56. The third kappa shape index (κ3) is 3.93. The Balaban J connectivity index is 1.93. The highest BCUT2D eigenvalue weighted by Gasteiger charge is 2.02. The summed E-state index contributed by atoms with van der Waals surface area (Å²) in [5.74, 6) is -0.272. The lowest BCUT2D eigenvalue weighted by Gasteiger charge is -2.22. The van der Waals surface area contributed by atoms with E-state index in [-0.39, 0.29) is 5.82 Å². The van der Waals surface area contributed by atoms with Crippen molar-refractivity contribution in [3.05, 3.63) is 60.4 Å². The van der Waals surface area contributed by atoms with Crippen molar-refractivity contribution >= 4 is 28.7 Å². The van der Waals surface area contributed by atoms with Gasteiger partial charge in [0.25, 0.3) is 0 Å². The minimum Gasteiger partial charge on any atom is -0.331 e. The number of halogens is 1. The number of hydrazine groups is 1. The highest BCUT2D eigenvalue weighted by Crippen LogP contribution is 2.10. The van der Waals surface area contributed by atoms with Crippen molar-refractivity contribution in [2.75, 3.05) is 17.4 Å². The molecule has 98 valence electrons. The smallest absolute Gasteiger partial charge is 0.189 e. The highest BCUT2D eigenvalue weighted by atomic mass is 32.1. The Morgan fingerprint density at radius 2 is 1.68 bits per heavy atom. The number of anilines is 2. The largest absolute Gasteiger partial charge is 0.331 e. The first-order valence-corrected chi connectivity index (χ1v) is 6.18. The van der Waals surface area contributed by atoms with Gasteiger partial charge < -0.3 is 5.32 Å². The maximum atomic E-state index is 12.8. The van der Waals surface area contributed by atoms with E-state index in [1.807, 2.05) is 37.4 Å². The van der Waals surface area contributed by atoms with Crippen molar-refractivity contribution in [3.8, 4) is 0 Å². The van der Waals surface area contributed by atoms with Gasteiger partial charge >= 0.3 is 0 Å². The number of hydrogen-bond acceptors (Lipinski definition) is 2. The summed E-state index contributed by atoms with van der Waals surface area (Å²) in [6, 6.07) is 15.8. The second-order valence-electron chi connectivity index (χ2n) is 3.97. The molecule has 0 aromatic heterocycles. The molecule has 0 aliphatic heterocycles. The van der Waals surface area contributed by atoms with Gasteiger partial charge in [-0.3, -0.25) is 10.4 Å². The van der Waals surface area contributed by atoms with E-state index in [1.165, 1.54) is 12.1 Å². The van der Waals surface area contributed by atoms with E-state index < -0.39 is 0 Å². The maximum Gasteiger partial charge on any atom is 0.189 e. The second-order valence-corrected chi connectivity index (χ2v) is 4.38. The molecule has 2 rings (SSSR count). The van der Waals surface area contributed by atoms with Crippen LogP contribution in [0.4, 0.5) is 15.8 Å². The number of nitrogens with one attached hydrogen (secondary N) is 2. The van der Waals surface area contributed by atoms with Gasteiger partial charge in [0.05, 0.1) is 5.69 Å². The van der Waals surface area contributed by atoms with Gasteiger partial charge in [-0.25, -0.2) is 4.39 Å². The normalized spacial score (nSPS) is 9.79. The monoisotopic (exact) mass is 275 g/mol. The predicted octanol–water partition coefficient (Wildman–Crippen LogP) is 3.16. The van der Waals surface area contributed by atoms with E-state index in [2.05, 4.69) is 10.7 Å². The van der Waals surface area contributed by atoms with Gasteiger partial charge in [0.2, 0.25) is 0 Å². The molecule has 0 heterocycles. The van der Waals surface area contributed by atoms with Crippen LogP contribution in [0.5, 0.6) is 0 Å². The van der Waals surface area contributed by atoms with E-state index in [9.17, 15) is 4.39 Å². The molecule has 0 radical (unpaired) electrons. The molecule has 0 saturated carbocycles. The number of para-hydroxylation sites is 1. The molecule has 0 unspecified atom stereocenters. The second kappa shape index (κ2) is 6.15. The van der Waals surface area contributed by atoms with Crippen molar-refractivity contribution in [3.63, 3.8) is 0 Å². The van der Waals surface area contributed by atoms with E-state index >= 15 is 0 Å². The Morgan fingerprint density at radius 3 is 2.32 bits per heavy atom. The lowest BCUT2D eigenvalue weighted by atomic mass is 10.3. The van der Waals surface area contributed by atoms with Gasteiger partial charge in [-0.2, -0.15) is 0 Å². The molecule has 0 bridgehead atoms. The molecule has 0 amide bonds. The first-order chi connectivity index (χ1) is 9.15. The van der Waals surface area contributed by atoms with Crippen LogP contribution in [0.3, 0.4) is 0 Å². The molecule has 0 saturated heterocycles. The van der Waals surface area contributed by atoms with Gasteiger partial charge in [0.15, 0.2) is 5.11 Å². The predicted molar refractivity (Wildman–Crippen MR) is 80.6 cm³/mol. The Kier molecular flexibility index (Phi) is 4.30. The molecule has 0 aliphatic rings. The Hall–Kier alpha value is -2.14. The van der Waals surface area contributed by atoms with Crippen LogP contribution in [-0.2, 0) is 0 Å². The molecule has 0 spiro atoms. The molecular weight excluding hydrogens is 261 g/mol. The van der Waals surface area contributed by atoms with E-state index in [0.717, 1.165) is 11.4 Å². The van der Waals surface area contributed by atoms with Crippen LogP contribution in [-0.4, -0.2) is 12.2 Å². The number of thiocarbonyl (C=S) groups is 1. The zero-order valence-electron chi connectivity index (χ0n) is 10.4. The average Bonchev–Trinajstić information content (AvgIpc) is 2.42. The lowest BCUT2D eigenvalue weighted by molar-refractivity contribution is 0.628. The highest BCUT2D eigenvalue weighted by molar-refractivity contribution is 7.80. The molecule has 2 aromatic carbocycles. The lowest BCUT2D eigenvalue weighted by Crippen LogP contribution is -2.41. The zero-order chi connectivity index (χ0) is 13.7. The Morgan fingerprint density at radius 1 is 1.05 bits per heavy atom. The summed E-state index contributed by atoms with van der Waals surface area (Å²) in [5.41, 5.74) is 4.75. The van der Waals surface area contributed by atoms with E-state index in [4.69, 9.17) is 12.2 Å². The summed E-state index contributed by atoms with van der Waals surface area (Å²) in [6.07, 6.45) is 0. The molecule has 3 nitrogen and oxygen atoms in total. The van der Waals surface area contributed by atoms with Crippen LogP contribution in [0.1, 0.15) is 0 Å². The summed E-state index contributed by atoms with van der Waals surface area (Å²) in [6.45, 7) is 0. The van der Waals surface area contributed by atoms with Crippen molar-refractivity contribution in [1.82, 2.24) is 5.43 Å². The van der Waals surface area contributed by atoms with Gasteiger partial charge in [0.1, 0.15) is 5.82 Å². The molecule has 2 N–H and O–H groups in total. The van der Waals surface area contributed by atoms with Crippen LogP contribution >= 0.6 is 12.2 Å². The van der Waals surface area contributed by atoms with Crippen molar-refractivity contribution in [1.29, 1.82) is 0 Å². The summed E-state index contributed by atoms with van der Waals surface area (Å²) in [5, 5.41) is 5.23. The molecule has 19 heavy (non-hydrogen) atoms. The van der Waals surface area contributed by atoms with Crippen molar-refractivity contribution in [2.24, 2.45) is 0 Å². The Bertz CT molecular complexity index is 542. The summed E-state index contributed by atoms with van der Waals surface area (Å²) < 4.78 is 12.8. The van der Waals surface area contributed by atoms with Crippen LogP contribution in [0, 0.1) is 5.82 Å². The fourth-order valence-corrected chi connectivity index (χ4v) is 1.82. The maximum absolute atomic E-state index is 12.8. The molecular formula is C14H14FN3S. The zero-order valence-corrected chi connectivity index (χ0v) is 11.2. The van der Waals surface area contributed by atoms with Crippen LogP contribution in [0.15, 0.2) is 54.6 Å². The number of nitrogens with zero attached hydrogens (tertiary/aromatic N) is 1. The molecule has 2 aromatic rings.